The molecule has 0 fully saturated rings. The van der Waals surface area contributed by atoms with Gasteiger partial charge in [-0.05, 0) is 0 Å². The van der Waals surface area contributed by atoms with Crippen molar-refractivity contribution in [2.45, 2.75) is 27.7 Å². The van der Waals surface area contributed by atoms with Crippen molar-refractivity contribution in [3.8, 4) is 0 Å². The van der Waals surface area contributed by atoms with Gasteiger partial charge in [0, 0.05) is 0 Å². The van der Waals surface area contributed by atoms with Crippen molar-refractivity contribution < 1.29 is 9.59 Å². The maximum atomic E-state index is 8.35. The molecule has 0 bridgehead atoms. The number of carbonyl (C=O) groups excluding carboxylic acids is 2. The molecule has 0 aliphatic heterocycles. The topological polar surface area (TPSA) is 81.8 Å². The van der Waals surface area contributed by atoms with Crippen LogP contribution in [0.4, 0.5) is 0 Å². The SMILES string of the molecule is CC.CC.N=C=O.N=C=O.c1ccccc1.c1ccccc1. The Bertz CT molecular complexity index is 322. The van der Waals surface area contributed by atoms with Crippen LogP contribution in [0.1, 0.15) is 27.7 Å². The second-order valence-electron chi connectivity index (χ2n) is 2.51. The van der Waals surface area contributed by atoms with Gasteiger partial charge in [0.25, 0.3) is 0 Å². The second-order valence-corrected chi connectivity index (χ2v) is 2.51. The molecule has 0 unspecified atom stereocenters. The van der Waals surface area contributed by atoms with E-state index in [9.17, 15) is 0 Å². The standard InChI is InChI=1S/2C6H6.2C2H6.2CHNO/c2*1-2-4-6-5-3-1;2*1-2;2*2-1-3/h2*1-6H;2*1-2H3;2*2H. The molecule has 2 aromatic carbocycles. The molecule has 2 rings (SSSR count). The third-order valence-corrected chi connectivity index (χ3v) is 1.33. The summed E-state index contributed by atoms with van der Waals surface area (Å²) in [4.78, 5) is 16.7. The molecule has 2 N–H and O–H groups in total. The molecule has 4 nitrogen and oxygen atoms in total. The quantitative estimate of drug-likeness (QED) is 0.516. The van der Waals surface area contributed by atoms with Crippen LogP contribution in [0.15, 0.2) is 72.8 Å². The lowest BCUT2D eigenvalue weighted by Gasteiger charge is -1.69. The maximum Gasteiger partial charge on any atom is 0.231 e. The fourth-order valence-corrected chi connectivity index (χ4v) is 0.770. The van der Waals surface area contributed by atoms with Gasteiger partial charge in [-0.2, -0.15) is 0 Å². The summed E-state index contributed by atoms with van der Waals surface area (Å²) in [5.74, 6) is 0. The van der Waals surface area contributed by atoms with E-state index in [0.29, 0.717) is 0 Å². The van der Waals surface area contributed by atoms with Crippen molar-refractivity contribution in [2.75, 3.05) is 0 Å². The van der Waals surface area contributed by atoms with Gasteiger partial charge in [0.1, 0.15) is 0 Å². The molecule has 120 valence electrons. The summed E-state index contributed by atoms with van der Waals surface area (Å²) in [6.45, 7) is 8.00. The first-order chi connectivity index (χ1) is 10.8. The zero-order chi connectivity index (χ0) is 17.9. The molecule has 2 aromatic rings. The molecule has 0 spiro atoms. The monoisotopic (exact) mass is 302 g/mol. The fourth-order valence-electron chi connectivity index (χ4n) is 0.770. The molecule has 0 atom stereocenters. The Balaban J connectivity index is -0.0000000954. The third kappa shape index (κ3) is 53.3. The van der Waals surface area contributed by atoms with Crippen LogP contribution in [0.25, 0.3) is 0 Å². The van der Waals surface area contributed by atoms with Crippen LogP contribution in [0.5, 0.6) is 0 Å². The van der Waals surface area contributed by atoms with E-state index in [1.54, 1.807) is 0 Å². The molecule has 0 saturated carbocycles. The van der Waals surface area contributed by atoms with Gasteiger partial charge in [0.05, 0.1) is 0 Å². The third-order valence-electron chi connectivity index (χ3n) is 1.33. The summed E-state index contributed by atoms with van der Waals surface area (Å²) in [5, 5.41) is 10.8. The van der Waals surface area contributed by atoms with E-state index in [4.69, 9.17) is 20.4 Å². The van der Waals surface area contributed by atoms with Crippen LogP contribution in [0, 0.1) is 10.8 Å². The summed E-state index contributed by atoms with van der Waals surface area (Å²) < 4.78 is 0. The Morgan fingerprint density at radius 1 is 0.455 bits per heavy atom. The van der Waals surface area contributed by atoms with Crippen molar-refractivity contribution in [2.24, 2.45) is 0 Å². The lowest BCUT2D eigenvalue weighted by Crippen LogP contribution is -1.47. The van der Waals surface area contributed by atoms with Crippen molar-refractivity contribution in [3.63, 3.8) is 0 Å². The Hall–Kier alpha value is -2.80. The molecule has 22 heavy (non-hydrogen) atoms. The molecule has 4 heteroatoms. The zero-order valence-corrected chi connectivity index (χ0v) is 13.7. The van der Waals surface area contributed by atoms with Crippen LogP contribution < -0.4 is 0 Å². The van der Waals surface area contributed by atoms with E-state index >= 15 is 0 Å². The first-order valence-electron chi connectivity index (χ1n) is 6.91. The minimum atomic E-state index is 0.750. The number of hydrogen-bond acceptors (Lipinski definition) is 4. The molecule has 0 aliphatic rings. The molecule has 0 saturated heterocycles. The van der Waals surface area contributed by atoms with Gasteiger partial charge in [-0.25, -0.2) is 20.4 Å². The van der Waals surface area contributed by atoms with Crippen LogP contribution >= 0.6 is 0 Å². The van der Waals surface area contributed by atoms with Crippen molar-refractivity contribution >= 4 is 12.2 Å². The number of rotatable bonds is 0. The predicted molar refractivity (Wildman–Crippen MR) is 92.4 cm³/mol. The van der Waals surface area contributed by atoms with Gasteiger partial charge in [0.15, 0.2) is 0 Å². The van der Waals surface area contributed by atoms with Gasteiger partial charge < -0.3 is 0 Å². The lowest BCUT2D eigenvalue weighted by atomic mass is 10.4. The fraction of sp³-hybridized carbons (Fsp3) is 0.222. The highest BCUT2D eigenvalue weighted by Gasteiger charge is 1.58. The average Bonchev–Trinajstić information content (AvgIpc) is 2.63. The molecule has 0 aliphatic carbocycles. The summed E-state index contributed by atoms with van der Waals surface area (Å²) in [5.41, 5.74) is 0. The highest BCUT2D eigenvalue weighted by Crippen LogP contribution is 1.80. The average molecular weight is 302 g/mol. The molecule has 0 radical (unpaired) electrons. The molecule has 0 amide bonds. The van der Waals surface area contributed by atoms with Crippen LogP contribution in [-0.4, -0.2) is 12.2 Å². The van der Waals surface area contributed by atoms with E-state index in [-0.39, 0.29) is 0 Å². The Kier molecular flexibility index (Phi) is 53.7. The first-order valence-corrected chi connectivity index (χ1v) is 6.91. The van der Waals surface area contributed by atoms with E-state index in [1.165, 1.54) is 0 Å². The van der Waals surface area contributed by atoms with E-state index < -0.39 is 0 Å². The Morgan fingerprint density at radius 3 is 0.545 bits per heavy atom. The highest BCUT2D eigenvalue weighted by atomic mass is 16.1. The van der Waals surface area contributed by atoms with Crippen molar-refractivity contribution in [1.82, 2.24) is 0 Å². The minimum absolute atomic E-state index is 0.750. The molecule has 0 aromatic heterocycles. The number of hydrogen-bond donors (Lipinski definition) is 2. The molecular formula is C18H26N2O2. The molecule has 0 heterocycles. The normalized spacial score (nSPS) is 5.64. The number of nitrogens with one attached hydrogen (secondary N) is 2. The van der Waals surface area contributed by atoms with Gasteiger partial charge in [-0.3, -0.25) is 0 Å². The largest absolute Gasteiger partial charge is 0.231 e. The Labute approximate surface area is 133 Å². The minimum Gasteiger partial charge on any atom is -0.222 e. The van der Waals surface area contributed by atoms with Crippen LogP contribution in [0.2, 0.25) is 0 Å². The zero-order valence-electron chi connectivity index (χ0n) is 13.7. The molecular weight excluding hydrogens is 276 g/mol. The lowest BCUT2D eigenvalue weighted by molar-refractivity contribution is 0.562. The maximum absolute atomic E-state index is 8.35. The predicted octanol–water partition coefficient (Wildman–Crippen LogP) is 5.23. The second kappa shape index (κ2) is 42.9. The van der Waals surface area contributed by atoms with Gasteiger partial charge in [0.2, 0.25) is 12.2 Å². The van der Waals surface area contributed by atoms with Gasteiger partial charge >= 0.3 is 0 Å². The summed E-state index contributed by atoms with van der Waals surface area (Å²) in [6, 6.07) is 24.0. The van der Waals surface area contributed by atoms with Gasteiger partial charge in [-0.1, -0.05) is 100 Å². The van der Waals surface area contributed by atoms with Crippen molar-refractivity contribution in [3.05, 3.63) is 72.8 Å². The summed E-state index contributed by atoms with van der Waals surface area (Å²) >= 11 is 0. The Morgan fingerprint density at radius 2 is 0.500 bits per heavy atom. The number of benzene rings is 2. The van der Waals surface area contributed by atoms with Gasteiger partial charge in [-0.15, -0.1) is 0 Å². The summed E-state index contributed by atoms with van der Waals surface area (Å²) in [7, 11) is 0. The van der Waals surface area contributed by atoms with Crippen LogP contribution in [-0.2, 0) is 9.59 Å². The smallest absolute Gasteiger partial charge is 0.222 e. The van der Waals surface area contributed by atoms with E-state index in [0.717, 1.165) is 12.2 Å². The van der Waals surface area contributed by atoms with Crippen molar-refractivity contribution in [1.29, 1.82) is 10.8 Å². The van der Waals surface area contributed by atoms with Crippen LogP contribution in [0.3, 0.4) is 0 Å². The van der Waals surface area contributed by atoms with E-state index in [1.807, 2.05) is 100 Å². The van der Waals surface area contributed by atoms with E-state index in [2.05, 4.69) is 0 Å². The number of isocyanates is 2. The first kappa shape index (κ1) is 27.5. The summed E-state index contributed by atoms with van der Waals surface area (Å²) in [6.07, 6.45) is 1.50. The highest BCUT2D eigenvalue weighted by molar-refractivity contribution is 5.26.